The lowest BCUT2D eigenvalue weighted by Crippen LogP contribution is -2.50. The van der Waals surface area contributed by atoms with Gasteiger partial charge in [-0.1, -0.05) is 37.5 Å². The maximum absolute atomic E-state index is 12.7. The molecule has 4 rings (SSSR count). The summed E-state index contributed by atoms with van der Waals surface area (Å²) in [6, 6.07) is 10.5. The molecule has 1 aromatic heterocycles. The molecule has 31 heavy (non-hydrogen) atoms. The molecule has 0 spiro atoms. The number of primary amides is 1. The molecule has 1 atom stereocenters. The van der Waals surface area contributed by atoms with Gasteiger partial charge in [-0.3, -0.25) is 14.5 Å². The number of carbonyl (C=O) groups excluding carboxylic acids is 2. The molecule has 1 aliphatic heterocycles. The van der Waals surface area contributed by atoms with Crippen LogP contribution in [0.25, 0.3) is 10.9 Å². The summed E-state index contributed by atoms with van der Waals surface area (Å²) in [5.74, 6) is -0.612. The first-order chi connectivity index (χ1) is 15.0. The predicted molar refractivity (Wildman–Crippen MR) is 118 cm³/mol. The molecule has 4 N–H and O–H groups in total. The molecule has 7 heteroatoms. The van der Waals surface area contributed by atoms with Gasteiger partial charge in [0, 0.05) is 42.1 Å². The number of nitrogens with zero attached hydrogens (tertiary/aromatic N) is 2. The molecule has 2 amide bonds. The van der Waals surface area contributed by atoms with Gasteiger partial charge in [0.1, 0.15) is 5.54 Å². The maximum Gasteiger partial charge on any atom is 0.225 e. The van der Waals surface area contributed by atoms with Crippen LogP contribution in [-0.2, 0) is 16.1 Å². The van der Waals surface area contributed by atoms with Crippen molar-refractivity contribution in [2.24, 2.45) is 11.1 Å². The second-order valence-electron chi connectivity index (χ2n) is 9.12. The zero-order valence-corrected chi connectivity index (χ0v) is 17.8. The second kappa shape index (κ2) is 8.72. The highest BCUT2D eigenvalue weighted by Gasteiger charge is 2.41. The Bertz CT molecular complexity index is 1000. The fourth-order valence-electron chi connectivity index (χ4n) is 5.10. The van der Waals surface area contributed by atoms with E-state index >= 15 is 0 Å². The van der Waals surface area contributed by atoms with E-state index in [1.54, 1.807) is 0 Å². The molecule has 2 heterocycles. The van der Waals surface area contributed by atoms with Gasteiger partial charge >= 0.3 is 0 Å². The lowest BCUT2D eigenvalue weighted by atomic mass is 9.70. The number of likely N-dealkylation sites (tertiary alicyclic amines) is 1. The molecule has 0 bridgehead atoms. The van der Waals surface area contributed by atoms with Crippen LogP contribution in [0.5, 0.6) is 0 Å². The number of nitrogens with two attached hydrogens (primary N) is 1. The highest BCUT2D eigenvalue weighted by molar-refractivity contribution is 5.88. The molecule has 1 unspecified atom stereocenters. The first-order valence-electron chi connectivity index (χ1n) is 11.1. The van der Waals surface area contributed by atoms with Crippen LogP contribution in [0.4, 0.5) is 0 Å². The van der Waals surface area contributed by atoms with Gasteiger partial charge in [-0.15, -0.1) is 0 Å². The van der Waals surface area contributed by atoms with Gasteiger partial charge in [-0.2, -0.15) is 5.26 Å². The minimum absolute atomic E-state index is 0.290. The monoisotopic (exact) mass is 420 g/mol. The van der Waals surface area contributed by atoms with E-state index in [0.29, 0.717) is 19.4 Å². The van der Waals surface area contributed by atoms with Gasteiger partial charge in [-0.25, -0.2) is 0 Å². The Morgan fingerprint density at radius 2 is 2.00 bits per heavy atom. The quantitative estimate of drug-likeness (QED) is 0.639. The van der Waals surface area contributed by atoms with Crippen molar-refractivity contribution in [2.75, 3.05) is 13.1 Å². The van der Waals surface area contributed by atoms with E-state index in [4.69, 9.17) is 5.73 Å². The highest BCUT2D eigenvalue weighted by Crippen LogP contribution is 2.39. The summed E-state index contributed by atoms with van der Waals surface area (Å²) in [5, 5.41) is 14.0. The molecular formula is C24H30N5O2. The fraction of sp³-hybridized carbons (Fsp3) is 0.500. The number of hydrogen-bond donors (Lipinski definition) is 3. The number of aromatic nitrogens is 1. The summed E-state index contributed by atoms with van der Waals surface area (Å²) in [7, 11) is 0. The van der Waals surface area contributed by atoms with Crippen LogP contribution in [0.1, 0.15) is 50.5 Å². The minimum Gasteiger partial charge on any atom is -0.369 e. The average Bonchev–Trinajstić information content (AvgIpc) is 3.38. The minimum atomic E-state index is -0.911. The number of aromatic amines is 1. The van der Waals surface area contributed by atoms with E-state index in [0.717, 1.165) is 50.7 Å². The number of para-hydroxylation sites is 1. The molecule has 2 fully saturated rings. The van der Waals surface area contributed by atoms with Crippen LogP contribution in [0, 0.1) is 23.2 Å². The van der Waals surface area contributed by atoms with Crippen molar-refractivity contribution in [3.8, 4) is 6.07 Å². The van der Waals surface area contributed by atoms with Crippen molar-refractivity contribution in [1.82, 2.24) is 15.2 Å². The summed E-state index contributed by atoms with van der Waals surface area (Å²) in [6.45, 7) is 1.93. The molecule has 7 nitrogen and oxygen atoms in total. The topological polar surface area (TPSA) is 115 Å². The van der Waals surface area contributed by atoms with E-state index in [1.165, 1.54) is 17.4 Å². The Morgan fingerprint density at radius 3 is 2.74 bits per heavy atom. The third-order valence-corrected chi connectivity index (χ3v) is 7.01. The molecule has 1 saturated heterocycles. The Morgan fingerprint density at radius 1 is 1.23 bits per heavy atom. The number of nitriles is 1. The van der Waals surface area contributed by atoms with Crippen molar-refractivity contribution in [1.29, 1.82) is 5.26 Å². The molecule has 1 saturated carbocycles. The lowest BCUT2D eigenvalue weighted by Gasteiger charge is -2.34. The van der Waals surface area contributed by atoms with E-state index in [-0.39, 0.29) is 11.8 Å². The molecule has 2 aromatic rings. The van der Waals surface area contributed by atoms with Crippen molar-refractivity contribution in [3.63, 3.8) is 0 Å². The van der Waals surface area contributed by atoms with Crippen molar-refractivity contribution in [3.05, 3.63) is 42.4 Å². The van der Waals surface area contributed by atoms with Gasteiger partial charge in [-0.05, 0) is 37.3 Å². The van der Waals surface area contributed by atoms with Crippen molar-refractivity contribution < 1.29 is 9.59 Å². The van der Waals surface area contributed by atoms with E-state index in [9.17, 15) is 14.9 Å². The lowest BCUT2D eigenvalue weighted by molar-refractivity contribution is -0.129. The zero-order valence-electron chi connectivity index (χ0n) is 17.8. The third kappa shape index (κ3) is 4.45. The normalized spacial score (nSPS) is 23.5. The second-order valence-corrected chi connectivity index (χ2v) is 9.12. The van der Waals surface area contributed by atoms with E-state index in [1.807, 2.05) is 24.4 Å². The number of rotatable bonds is 7. The van der Waals surface area contributed by atoms with Gasteiger partial charge in [0.15, 0.2) is 0 Å². The number of fused-ring (bicyclic) bond motifs is 1. The molecule has 1 aliphatic carbocycles. The zero-order chi connectivity index (χ0) is 21.9. The van der Waals surface area contributed by atoms with Crippen LogP contribution in [0.3, 0.4) is 0 Å². The van der Waals surface area contributed by atoms with Crippen molar-refractivity contribution in [2.45, 2.75) is 57.0 Å². The average molecular weight is 421 g/mol. The molecule has 1 radical (unpaired) electrons. The number of H-pyrrole nitrogens is 1. The number of carbonyl (C=O) groups is 2. The van der Waals surface area contributed by atoms with E-state index < -0.39 is 11.0 Å². The van der Waals surface area contributed by atoms with E-state index in [2.05, 4.69) is 27.3 Å². The van der Waals surface area contributed by atoms with Crippen LogP contribution in [0.15, 0.2) is 30.5 Å². The first kappa shape index (κ1) is 21.4. The Balaban J connectivity index is 1.35. The number of benzene rings is 1. The summed E-state index contributed by atoms with van der Waals surface area (Å²) in [5.41, 5.74) is 6.42. The molecule has 163 valence electrons. The summed E-state index contributed by atoms with van der Waals surface area (Å²) in [4.78, 5) is 30.2. The Hall–Kier alpha value is -2.85. The smallest absolute Gasteiger partial charge is 0.225 e. The largest absolute Gasteiger partial charge is 0.369 e. The first-order valence-corrected chi connectivity index (χ1v) is 11.1. The van der Waals surface area contributed by atoms with Crippen LogP contribution >= 0.6 is 0 Å². The fourth-order valence-corrected chi connectivity index (χ4v) is 5.10. The third-order valence-electron chi connectivity index (χ3n) is 7.01. The summed E-state index contributed by atoms with van der Waals surface area (Å²) < 4.78 is 0. The number of amides is 2. The van der Waals surface area contributed by atoms with Gasteiger partial charge in [0.05, 0.1) is 12.5 Å². The molecular weight excluding hydrogens is 390 g/mol. The highest BCUT2D eigenvalue weighted by atomic mass is 16.2. The van der Waals surface area contributed by atoms with Crippen LogP contribution in [-0.4, -0.2) is 40.3 Å². The Labute approximate surface area is 183 Å². The summed E-state index contributed by atoms with van der Waals surface area (Å²) >= 11 is 0. The maximum atomic E-state index is 12.7. The standard InChI is InChI=1S/C24H30N5O2/c25-16-24(28-21(30)8-11-23(22(26)31)9-4-1-5-10-23)12-13-29(17-24)15-18-14-27-20-7-3-2-6-19(18)20/h2-3,6-8,14,27H,1,4-5,9-13,15,17H2,(H2,26,31)(H,28,30). The van der Waals surface area contributed by atoms with Crippen LogP contribution < -0.4 is 11.1 Å². The predicted octanol–water partition coefficient (Wildman–Crippen LogP) is 2.78. The van der Waals surface area contributed by atoms with Crippen LogP contribution in [0.2, 0.25) is 0 Å². The SMILES string of the molecule is N#CC1(NC(=O)[CH]CC2(C(N)=O)CCCCC2)CCN(Cc2c[nH]c3ccccc23)C1. The number of nitrogens with one attached hydrogen (secondary N) is 2. The van der Waals surface area contributed by atoms with Gasteiger partial charge in [0.2, 0.25) is 11.8 Å². The van der Waals surface area contributed by atoms with Gasteiger partial charge in [0.25, 0.3) is 0 Å². The number of hydrogen-bond acceptors (Lipinski definition) is 4. The van der Waals surface area contributed by atoms with Gasteiger partial charge < -0.3 is 16.0 Å². The molecule has 2 aliphatic rings. The molecule has 1 aromatic carbocycles. The Kier molecular flexibility index (Phi) is 6.01. The van der Waals surface area contributed by atoms with Crippen molar-refractivity contribution >= 4 is 22.7 Å². The summed E-state index contributed by atoms with van der Waals surface area (Å²) in [6.07, 6.45) is 8.94.